The lowest BCUT2D eigenvalue weighted by molar-refractivity contribution is 0.188. The van der Waals surface area contributed by atoms with Gasteiger partial charge in [-0.05, 0) is 77.4 Å². The van der Waals surface area contributed by atoms with Crippen LogP contribution in [0.25, 0.3) is 0 Å². The third-order valence-electron chi connectivity index (χ3n) is 5.91. The van der Waals surface area contributed by atoms with E-state index < -0.39 is 0 Å². The average molecular weight is 520 g/mol. The van der Waals surface area contributed by atoms with Gasteiger partial charge < -0.3 is 15.1 Å². The van der Waals surface area contributed by atoms with E-state index >= 15 is 0 Å². The number of aliphatic imine (C=N–C) groups is 1. The Kier molecular flexibility index (Phi) is 10.5. The van der Waals surface area contributed by atoms with Crippen molar-refractivity contribution >= 4 is 41.3 Å². The van der Waals surface area contributed by atoms with E-state index in [0.29, 0.717) is 0 Å². The first kappa shape index (κ1) is 23.9. The molecule has 0 saturated carbocycles. The molecule has 160 valence electrons. The van der Waals surface area contributed by atoms with Crippen LogP contribution in [0.2, 0.25) is 0 Å². The Labute approximate surface area is 192 Å². The highest BCUT2D eigenvalue weighted by molar-refractivity contribution is 14.0. The first-order chi connectivity index (χ1) is 13.2. The summed E-state index contributed by atoms with van der Waals surface area (Å²) in [4.78, 5) is 16.1. The molecule has 0 amide bonds. The molecule has 1 aliphatic heterocycles. The molecule has 1 aliphatic carbocycles. The zero-order valence-corrected chi connectivity index (χ0v) is 21.0. The van der Waals surface area contributed by atoms with Crippen molar-refractivity contribution in [3.63, 3.8) is 0 Å². The predicted molar refractivity (Wildman–Crippen MR) is 131 cm³/mol. The van der Waals surface area contributed by atoms with Crippen molar-refractivity contribution in [3.8, 4) is 0 Å². The molecule has 2 heterocycles. The Morgan fingerprint density at radius 2 is 2.00 bits per heavy atom. The van der Waals surface area contributed by atoms with Crippen molar-refractivity contribution in [1.82, 2.24) is 20.1 Å². The van der Waals surface area contributed by atoms with Gasteiger partial charge in [-0.25, -0.2) is 4.98 Å². The minimum Gasteiger partial charge on any atom is -0.357 e. The van der Waals surface area contributed by atoms with Gasteiger partial charge in [-0.15, -0.1) is 35.3 Å². The van der Waals surface area contributed by atoms with Crippen LogP contribution in [-0.2, 0) is 19.4 Å². The Balaban J connectivity index is 0.00000280. The predicted octanol–water partition coefficient (Wildman–Crippen LogP) is 4.16. The van der Waals surface area contributed by atoms with E-state index in [0.717, 1.165) is 31.5 Å². The molecule has 1 aromatic rings. The number of nitrogens with one attached hydrogen (secondary N) is 1. The molecule has 3 rings (SSSR count). The number of piperidine rings is 1. The number of rotatable bonds is 7. The normalized spacial score (nSPS) is 18.5. The number of thiazole rings is 1. The lowest BCUT2D eigenvalue weighted by atomic mass is 9.94. The minimum atomic E-state index is 0. The van der Waals surface area contributed by atoms with Gasteiger partial charge in [0.05, 0.1) is 12.2 Å². The summed E-state index contributed by atoms with van der Waals surface area (Å²) in [5, 5.41) is 4.70. The van der Waals surface area contributed by atoms with Crippen molar-refractivity contribution < 1.29 is 0 Å². The molecule has 1 fully saturated rings. The van der Waals surface area contributed by atoms with Gasteiger partial charge in [0.25, 0.3) is 0 Å². The van der Waals surface area contributed by atoms with Gasteiger partial charge in [-0.3, -0.25) is 4.99 Å². The van der Waals surface area contributed by atoms with Crippen molar-refractivity contribution in [1.29, 1.82) is 0 Å². The van der Waals surface area contributed by atoms with Crippen LogP contribution >= 0.6 is 35.3 Å². The van der Waals surface area contributed by atoms with E-state index in [1.165, 1.54) is 80.2 Å². The number of hydrogen-bond donors (Lipinski definition) is 1. The number of likely N-dealkylation sites (tertiary alicyclic amines) is 1. The lowest BCUT2D eigenvalue weighted by Crippen LogP contribution is -2.38. The van der Waals surface area contributed by atoms with Crippen LogP contribution in [0.4, 0.5) is 0 Å². The Bertz CT molecular complexity index is 586. The maximum atomic E-state index is 4.92. The highest BCUT2D eigenvalue weighted by atomic mass is 127. The second-order valence-electron chi connectivity index (χ2n) is 7.94. The summed E-state index contributed by atoms with van der Waals surface area (Å²) >= 11 is 1.91. The standard InChI is InChI=1S/C21H37N5S.HI/c1-4-22-21(23-13-10-17-11-14-26(5-2)15-12-17)25(3)16-20-24-18-8-6-7-9-19(18)27-20;/h17H,4-16H2,1-3H3,(H,22,23);1H. The number of aryl methyl sites for hydroxylation is 2. The molecule has 1 saturated heterocycles. The molecule has 0 atom stereocenters. The number of nitrogens with zero attached hydrogens (tertiary/aromatic N) is 4. The van der Waals surface area contributed by atoms with Crippen LogP contribution < -0.4 is 5.32 Å². The van der Waals surface area contributed by atoms with Crippen LogP contribution in [0.3, 0.4) is 0 Å². The van der Waals surface area contributed by atoms with Crippen molar-refractivity contribution in [2.75, 3.05) is 39.8 Å². The van der Waals surface area contributed by atoms with E-state index in [1.807, 2.05) is 11.3 Å². The molecule has 0 unspecified atom stereocenters. The molecule has 0 spiro atoms. The average Bonchev–Trinajstić information content (AvgIpc) is 3.10. The van der Waals surface area contributed by atoms with E-state index in [2.05, 4.69) is 36.0 Å². The molecule has 1 aromatic heterocycles. The van der Waals surface area contributed by atoms with Crippen molar-refractivity contribution in [2.45, 2.75) is 65.3 Å². The van der Waals surface area contributed by atoms with Crippen LogP contribution in [0.5, 0.6) is 0 Å². The Morgan fingerprint density at radius 1 is 1.25 bits per heavy atom. The largest absolute Gasteiger partial charge is 0.357 e. The molecule has 0 bridgehead atoms. The van der Waals surface area contributed by atoms with Crippen LogP contribution in [0.15, 0.2) is 4.99 Å². The molecule has 1 N–H and O–H groups in total. The van der Waals surface area contributed by atoms with Gasteiger partial charge in [0, 0.05) is 25.0 Å². The van der Waals surface area contributed by atoms with E-state index in [9.17, 15) is 0 Å². The SMILES string of the molecule is CCNC(=NCCC1CCN(CC)CC1)N(C)Cc1nc2c(s1)CCCC2.I. The minimum absolute atomic E-state index is 0. The van der Waals surface area contributed by atoms with E-state index in [-0.39, 0.29) is 24.0 Å². The topological polar surface area (TPSA) is 43.8 Å². The maximum Gasteiger partial charge on any atom is 0.194 e. The molecular weight excluding hydrogens is 481 g/mol. The quantitative estimate of drug-likeness (QED) is 0.334. The van der Waals surface area contributed by atoms with Gasteiger partial charge in [0.2, 0.25) is 0 Å². The van der Waals surface area contributed by atoms with Crippen molar-refractivity contribution in [2.24, 2.45) is 10.9 Å². The fourth-order valence-corrected chi connectivity index (χ4v) is 5.38. The number of halogens is 1. The van der Waals surface area contributed by atoms with Crippen LogP contribution in [0, 0.1) is 5.92 Å². The molecule has 2 aliphatic rings. The van der Waals surface area contributed by atoms with Gasteiger partial charge in [0.1, 0.15) is 5.01 Å². The summed E-state index contributed by atoms with van der Waals surface area (Å²) in [5.41, 5.74) is 1.36. The second-order valence-corrected chi connectivity index (χ2v) is 9.11. The van der Waals surface area contributed by atoms with Crippen LogP contribution in [-0.4, -0.2) is 60.5 Å². The van der Waals surface area contributed by atoms with E-state index in [1.54, 1.807) is 0 Å². The highest BCUT2D eigenvalue weighted by Gasteiger charge is 2.19. The summed E-state index contributed by atoms with van der Waals surface area (Å²) in [6.07, 6.45) is 8.90. The second kappa shape index (κ2) is 12.3. The summed E-state index contributed by atoms with van der Waals surface area (Å²) in [6.45, 7) is 10.8. The van der Waals surface area contributed by atoms with Crippen LogP contribution in [0.1, 0.15) is 61.5 Å². The van der Waals surface area contributed by atoms with Gasteiger partial charge in [0.15, 0.2) is 5.96 Å². The fourth-order valence-electron chi connectivity index (χ4n) is 4.16. The highest BCUT2D eigenvalue weighted by Crippen LogP contribution is 2.27. The summed E-state index contributed by atoms with van der Waals surface area (Å²) in [7, 11) is 2.14. The molecule has 0 aromatic carbocycles. The molecule has 28 heavy (non-hydrogen) atoms. The van der Waals surface area contributed by atoms with E-state index in [4.69, 9.17) is 9.98 Å². The number of hydrogen-bond acceptors (Lipinski definition) is 4. The van der Waals surface area contributed by atoms with Gasteiger partial charge in [-0.2, -0.15) is 0 Å². The first-order valence-corrected chi connectivity index (χ1v) is 11.7. The molecular formula is C21H38IN5S. The third kappa shape index (κ3) is 6.83. The smallest absolute Gasteiger partial charge is 0.194 e. The zero-order chi connectivity index (χ0) is 19.1. The zero-order valence-electron chi connectivity index (χ0n) is 17.9. The van der Waals surface area contributed by atoms with Gasteiger partial charge in [-0.1, -0.05) is 6.92 Å². The summed E-state index contributed by atoms with van der Waals surface area (Å²) in [5.74, 6) is 1.87. The Morgan fingerprint density at radius 3 is 2.68 bits per heavy atom. The molecule has 5 nitrogen and oxygen atoms in total. The molecule has 7 heteroatoms. The third-order valence-corrected chi connectivity index (χ3v) is 7.05. The fraction of sp³-hybridized carbons (Fsp3) is 0.810. The lowest BCUT2D eigenvalue weighted by Gasteiger charge is -2.30. The van der Waals surface area contributed by atoms with Crippen molar-refractivity contribution in [3.05, 3.63) is 15.6 Å². The number of guanidine groups is 1. The maximum absolute atomic E-state index is 4.92. The summed E-state index contributed by atoms with van der Waals surface area (Å²) < 4.78 is 0. The number of aromatic nitrogens is 1. The van der Waals surface area contributed by atoms with Gasteiger partial charge >= 0.3 is 0 Å². The monoisotopic (exact) mass is 519 g/mol. The Hall–Kier alpha value is -0.410. The first-order valence-electron chi connectivity index (χ1n) is 10.9. The molecule has 0 radical (unpaired) electrons. The number of fused-ring (bicyclic) bond motifs is 1. The summed E-state index contributed by atoms with van der Waals surface area (Å²) in [6, 6.07) is 0.